The Morgan fingerprint density at radius 1 is 0.950 bits per heavy atom. The van der Waals surface area contributed by atoms with Crippen molar-refractivity contribution in [2.24, 2.45) is 5.41 Å². The Morgan fingerprint density at radius 2 is 1.50 bits per heavy atom. The fourth-order valence-corrected chi connectivity index (χ4v) is 4.09. The van der Waals surface area contributed by atoms with Crippen molar-refractivity contribution >= 4 is 5.97 Å². The van der Waals surface area contributed by atoms with E-state index in [2.05, 4.69) is 12.1 Å². The molecular formula is C17H22O3. The highest BCUT2D eigenvalue weighted by Crippen LogP contribution is 2.58. The van der Waals surface area contributed by atoms with Gasteiger partial charge < -0.3 is 9.47 Å². The highest BCUT2D eigenvalue weighted by atomic mass is 16.5. The summed E-state index contributed by atoms with van der Waals surface area (Å²) in [6, 6.07) is 8.46. The summed E-state index contributed by atoms with van der Waals surface area (Å²) in [5.41, 5.74) is 1.47. The molecule has 3 heteroatoms. The molecule has 3 saturated carbocycles. The predicted octanol–water partition coefficient (Wildman–Crippen LogP) is 3.46. The average molecular weight is 274 g/mol. The number of methoxy groups -OCH3 is 2. The molecule has 0 N–H and O–H groups in total. The summed E-state index contributed by atoms with van der Waals surface area (Å²) in [6.45, 7) is 0. The molecule has 108 valence electrons. The molecular weight excluding hydrogens is 252 g/mol. The maximum Gasteiger partial charge on any atom is 0.311 e. The summed E-state index contributed by atoms with van der Waals surface area (Å²) in [7, 11) is 3.20. The lowest BCUT2D eigenvalue weighted by Gasteiger charge is -2.52. The molecule has 0 heterocycles. The molecule has 3 fully saturated rings. The van der Waals surface area contributed by atoms with Gasteiger partial charge in [0.15, 0.2) is 0 Å². The molecule has 3 aliphatic rings. The average Bonchev–Trinajstić information content (AvgIpc) is 2.55. The standard InChI is InChI=1S/C17H22O3/c1-19-14-5-3-13(4-6-14)16-7-10-17(11-8-16,12-9-16)15(18)20-2/h3-6H,7-12H2,1-2H3. The van der Waals surface area contributed by atoms with E-state index in [9.17, 15) is 4.79 Å². The summed E-state index contributed by atoms with van der Waals surface area (Å²) >= 11 is 0. The Bertz CT molecular complexity index is 479. The van der Waals surface area contributed by atoms with Crippen LogP contribution in [0.25, 0.3) is 0 Å². The number of hydrogen-bond donors (Lipinski definition) is 0. The zero-order chi connectivity index (χ0) is 14.2. The van der Waals surface area contributed by atoms with Crippen LogP contribution in [-0.2, 0) is 14.9 Å². The topological polar surface area (TPSA) is 35.5 Å². The third-order valence-electron chi connectivity index (χ3n) is 5.57. The number of hydrogen-bond acceptors (Lipinski definition) is 3. The van der Waals surface area contributed by atoms with E-state index in [1.54, 1.807) is 7.11 Å². The van der Waals surface area contributed by atoms with E-state index in [1.807, 2.05) is 12.1 Å². The van der Waals surface area contributed by atoms with Gasteiger partial charge in [0, 0.05) is 0 Å². The molecule has 0 atom stereocenters. The molecule has 1 aromatic carbocycles. The van der Waals surface area contributed by atoms with E-state index in [-0.39, 0.29) is 16.8 Å². The fraction of sp³-hybridized carbons (Fsp3) is 0.588. The zero-order valence-electron chi connectivity index (χ0n) is 12.3. The molecule has 4 rings (SSSR count). The number of benzene rings is 1. The van der Waals surface area contributed by atoms with Gasteiger partial charge in [-0.2, -0.15) is 0 Å². The van der Waals surface area contributed by atoms with E-state index < -0.39 is 0 Å². The van der Waals surface area contributed by atoms with Crippen LogP contribution < -0.4 is 4.74 Å². The van der Waals surface area contributed by atoms with Crippen LogP contribution in [0.3, 0.4) is 0 Å². The monoisotopic (exact) mass is 274 g/mol. The molecule has 0 unspecified atom stereocenters. The van der Waals surface area contributed by atoms with Gasteiger partial charge in [-0.05, 0) is 61.6 Å². The van der Waals surface area contributed by atoms with Gasteiger partial charge in [-0.25, -0.2) is 0 Å². The largest absolute Gasteiger partial charge is 0.497 e. The zero-order valence-corrected chi connectivity index (χ0v) is 12.3. The molecule has 0 radical (unpaired) electrons. The third kappa shape index (κ3) is 1.91. The number of fused-ring (bicyclic) bond motifs is 3. The lowest BCUT2D eigenvalue weighted by Crippen LogP contribution is -2.48. The third-order valence-corrected chi connectivity index (χ3v) is 5.57. The first-order valence-corrected chi connectivity index (χ1v) is 7.37. The van der Waals surface area contributed by atoms with Crippen LogP contribution in [0.15, 0.2) is 24.3 Å². The van der Waals surface area contributed by atoms with Crippen LogP contribution in [0.2, 0.25) is 0 Å². The first-order chi connectivity index (χ1) is 9.64. The highest BCUT2D eigenvalue weighted by molar-refractivity contribution is 5.77. The lowest BCUT2D eigenvalue weighted by molar-refractivity contribution is -0.160. The van der Waals surface area contributed by atoms with Crippen molar-refractivity contribution in [3.63, 3.8) is 0 Å². The SMILES string of the molecule is COC(=O)C12CCC(c3ccc(OC)cc3)(CC1)CC2. The summed E-state index contributed by atoms with van der Waals surface area (Å²) in [5.74, 6) is 0.904. The van der Waals surface area contributed by atoms with Crippen molar-refractivity contribution in [3.05, 3.63) is 29.8 Å². The van der Waals surface area contributed by atoms with Gasteiger partial charge in [0.2, 0.25) is 0 Å². The van der Waals surface area contributed by atoms with E-state index in [1.165, 1.54) is 12.7 Å². The van der Waals surface area contributed by atoms with Crippen molar-refractivity contribution in [1.82, 2.24) is 0 Å². The maximum atomic E-state index is 12.0. The Kier molecular flexibility index (Phi) is 3.23. The van der Waals surface area contributed by atoms with E-state index in [4.69, 9.17) is 9.47 Å². The predicted molar refractivity (Wildman–Crippen MR) is 76.8 cm³/mol. The molecule has 3 aliphatic carbocycles. The van der Waals surface area contributed by atoms with Crippen LogP contribution in [0, 0.1) is 5.41 Å². The summed E-state index contributed by atoms with van der Waals surface area (Å²) in [5, 5.41) is 0. The number of esters is 1. The first-order valence-electron chi connectivity index (χ1n) is 7.37. The molecule has 0 aliphatic heterocycles. The van der Waals surface area contributed by atoms with Gasteiger partial charge in [0.05, 0.1) is 19.6 Å². The van der Waals surface area contributed by atoms with E-state index in [0.717, 1.165) is 44.3 Å². The van der Waals surface area contributed by atoms with Crippen molar-refractivity contribution in [2.45, 2.75) is 43.9 Å². The quantitative estimate of drug-likeness (QED) is 0.792. The van der Waals surface area contributed by atoms with Crippen LogP contribution in [0.1, 0.15) is 44.1 Å². The number of rotatable bonds is 3. The van der Waals surface area contributed by atoms with Gasteiger partial charge in [0.1, 0.15) is 5.75 Å². The van der Waals surface area contributed by atoms with Crippen LogP contribution in [-0.4, -0.2) is 20.2 Å². The second-order valence-electron chi connectivity index (χ2n) is 6.28. The molecule has 0 amide bonds. The van der Waals surface area contributed by atoms with Gasteiger partial charge in [0.25, 0.3) is 0 Å². The van der Waals surface area contributed by atoms with Crippen LogP contribution in [0.5, 0.6) is 5.75 Å². The number of carbonyl (C=O) groups is 1. The van der Waals surface area contributed by atoms with Crippen molar-refractivity contribution in [2.75, 3.05) is 14.2 Å². The van der Waals surface area contributed by atoms with Crippen LogP contribution in [0.4, 0.5) is 0 Å². The Hall–Kier alpha value is -1.51. The minimum atomic E-state index is -0.191. The molecule has 2 bridgehead atoms. The molecule has 0 aromatic heterocycles. The maximum absolute atomic E-state index is 12.0. The molecule has 3 nitrogen and oxygen atoms in total. The summed E-state index contributed by atoms with van der Waals surface area (Å²) in [4.78, 5) is 12.0. The van der Waals surface area contributed by atoms with Gasteiger partial charge in [-0.15, -0.1) is 0 Å². The van der Waals surface area contributed by atoms with Gasteiger partial charge in [-0.1, -0.05) is 12.1 Å². The Balaban J connectivity index is 1.82. The molecule has 20 heavy (non-hydrogen) atoms. The molecule has 1 aromatic rings. The fourth-order valence-electron chi connectivity index (χ4n) is 4.09. The minimum absolute atomic E-state index is 0.000492. The number of ether oxygens (including phenoxy) is 2. The summed E-state index contributed by atoms with van der Waals surface area (Å²) < 4.78 is 10.3. The van der Waals surface area contributed by atoms with E-state index in [0.29, 0.717) is 0 Å². The minimum Gasteiger partial charge on any atom is -0.497 e. The van der Waals surface area contributed by atoms with E-state index >= 15 is 0 Å². The van der Waals surface area contributed by atoms with Crippen LogP contribution >= 0.6 is 0 Å². The number of carbonyl (C=O) groups excluding carboxylic acids is 1. The smallest absolute Gasteiger partial charge is 0.311 e. The Morgan fingerprint density at radius 3 is 1.95 bits per heavy atom. The molecule has 0 spiro atoms. The second kappa shape index (κ2) is 4.80. The summed E-state index contributed by atoms with van der Waals surface area (Å²) in [6.07, 6.45) is 6.17. The lowest BCUT2D eigenvalue weighted by atomic mass is 9.52. The molecule has 0 saturated heterocycles. The highest BCUT2D eigenvalue weighted by Gasteiger charge is 2.53. The normalized spacial score (nSPS) is 31.9. The van der Waals surface area contributed by atoms with Crippen molar-refractivity contribution < 1.29 is 14.3 Å². The van der Waals surface area contributed by atoms with Crippen molar-refractivity contribution in [1.29, 1.82) is 0 Å². The van der Waals surface area contributed by atoms with Gasteiger partial charge in [-0.3, -0.25) is 4.79 Å². The van der Waals surface area contributed by atoms with Gasteiger partial charge >= 0.3 is 5.97 Å². The Labute approximate surface area is 120 Å². The van der Waals surface area contributed by atoms with Crippen molar-refractivity contribution in [3.8, 4) is 5.75 Å². The second-order valence-corrected chi connectivity index (χ2v) is 6.28. The first kappa shape index (κ1) is 13.5.